The van der Waals surface area contributed by atoms with Gasteiger partial charge in [0.2, 0.25) is 5.91 Å². The summed E-state index contributed by atoms with van der Waals surface area (Å²) in [4.78, 5) is 13.4. The van der Waals surface area contributed by atoms with E-state index in [0.29, 0.717) is 25.1 Å². The van der Waals surface area contributed by atoms with E-state index in [2.05, 4.69) is 5.32 Å². The van der Waals surface area contributed by atoms with Gasteiger partial charge >= 0.3 is 6.18 Å². The van der Waals surface area contributed by atoms with Crippen LogP contribution in [0.3, 0.4) is 0 Å². The molecule has 1 amide bonds. The van der Waals surface area contributed by atoms with Gasteiger partial charge in [-0.3, -0.25) is 9.69 Å². The van der Waals surface area contributed by atoms with Crippen LogP contribution < -0.4 is 5.32 Å². The Balaban J connectivity index is 1.87. The highest BCUT2D eigenvalue weighted by Gasteiger charge is 2.42. The van der Waals surface area contributed by atoms with Crippen LogP contribution in [0.25, 0.3) is 0 Å². The standard InChI is InChI=1S/C13H17F3N2O3/c14-13(15,16)11(19)8-18-5-1-4-10(18)12(20)17-7-9-3-2-6-21-9/h2-3,6,10-11,19H,1,4-5,7-8H2,(H,17,20). The van der Waals surface area contributed by atoms with E-state index in [1.165, 1.54) is 11.2 Å². The summed E-state index contributed by atoms with van der Waals surface area (Å²) in [6, 6.07) is 2.74. The Kier molecular flexibility index (Phi) is 4.89. The van der Waals surface area contributed by atoms with Crippen molar-refractivity contribution in [3.8, 4) is 0 Å². The van der Waals surface area contributed by atoms with Gasteiger partial charge in [-0.15, -0.1) is 0 Å². The minimum atomic E-state index is -4.67. The highest BCUT2D eigenvalue weighted by atomic mass is 19.4. The molecule has 8 heteroatoms. The number of carbonyl (C=O) groups excluding carboxylic acids is 1. The van der Waals surface area contributed by atoms with Gasteiger partial charge in [0.05, 0.1) is 18.8 Å². The number of amides is 1. The minimum absolute atomic E-state index is 0.192. The zero-order chi connectivity index (χ0) is 15.5. The second-order valence-corrected chi connectivity index (χ2v) is 5.01. The Morgan fingerprint density at radius 2 is 2.33 bits per heavy atom. The number of aliphatic hydroxyl groups excluding tert-OH is 1. The summed E-state index contributed by atoms with van der Waals surface area (Å²) in [6.45, 7) is -0.0215. The lowest BCUT2D eigenvalue weighted by Gasteiger charge is -2.26. The van der Waals surface area contributed by atoms with Crippen LogP contribution in [-0.4, -0.2) is 47.3 Å². The summed E-state index contributed by atoms with van der Waals surface area (Å²) in [7, 11) is 0. The first-order valence-electron chi connectivity index (χ1n) is 6.67. The van der Waals surface area contributed by atoms with Gasteiger partial charge in [-0.05, 0) is 31.5 Å². The number of carbonyl (C=O) groups is 1. The first-order chi connectivity index (χ1) is 9.88. The number of β-amino-alcohol motifs (C(OH)–C–C–N with tert-alkyl or cyclic N) is 1. The summed E-state index contributed by atoms with van der Waals surface area (Å²) >= 11 is 0. The van der Waals surface area contributed by atoms with E-state index in [1.54, 1.807) is 12.1 Å². The molecule has 1 saturated heterocycles. The fraction of sp³-hybridized carbons (Fsp3) is 0.615. The maximum absolute atomic E-state index is 12.4. The van der Waals surface area contributed by atoms with Gasteiger partial charge in [0.25, 0.3) is 0 Å². The van der Waals surface area contributed by atoms with Crippen LogP contribution in [0.15, 0.2) is 22.8 Å². The van der Waals surface area contributed by atoms with Crippen LogP contribution in [-0.2, 0) is 11.3 Å². The SMILES string of the molecule is O=C(NCc1ccco1)C1CCCN1CC(O)C(F)(F)F. The summed E-state index contributed by atoms with van der Waals surface area (Å²) in [5.74, 6) is 0.224. The van der Waals surface area contributed by atoms with E-state index in [0.717, 1.165) is 0 Å². The van der Waals surface area contributed by atoms with Crippen LogP contribution >= 0.6 is 0 Å². The lowest BCUT2D eigenvalue weighted by molar-refractivity contribution is -0.208. The van der Waals surface area contributed by atoms with E-state index >= 15 is 0 Å². The molecule has 1 aromatic heterocycles. The molecule has 0 aliphatic carbocycles. The third kappa shape index (κ3) is 4.21. The van der Waals surface area contributed by atoms with Crippen LogP contribution in [0.5, 0.6) is 0 Å². The molecule has 0 spiro atoms. The average molecular weight is 306 g/mol. The third-order valence-corrected chi connectivity index (χ3v) is 3.47. The molecule has 0 aromatic carbocycles. The van der Waals surface area contributed by atoms with Crippen molar-refractivity contribution in [1.29, 1.82) is 0 Å². The lowest BCUT2D eigenvalue weighted by atomic mass is 10.2. The van der Waals surface area contributed by atoms with E-state index in [4.69, 9.17) is 9.52 Å². The average Bonchev–Trinajstić information content (AvgIpc) is 3.05. The molecule has 2 atom stereocenters. The van der Waals surface area contributed by atoms with Gasteiger partial charge in [-0.25, -0.2) is 0 Å². The predicted octanol–water partition coefficient (Wildman–Crippen LogP) is 1.28. The summed E-state index contributed by atoms with van der Waals surface area (Å²) in [6.07, 6.45) is -4.52. The van der Waals surface area contributed by atoms with E-state index in [1.807, 2.05) is 0 Å². The first-order valence-corrected chi connectivity index (χ1v) is 6.67. The van der Waals surface area contributed by atoms with Crippen LogP contribution in [0.2, 0.25) is 0 Å². The summed E-state index contributed by atoms with van der Waals surface area (Å²) in [5, 5.41) is 11.7. The Hall–Kier alpha value is -1.54. The van der Waals surface area contributed by atoms with Crippen molar-refractivity contribution >= 4 is 5.91 Å². The van der Waals surface area contributed by atoms with E-state index in [9.17, 15) is 18.0 Å². The van der Waals surface area contributed by atoms with Crippen LogP contribution in [0.1, 0.15) is 18.6 Å². The molecule has 1 fully saturated rings. The molecule has 2 rings (SSSR count). The van der Waals surface area contributed by atoms with Crippen molar-refractivity contribution in [3.63, 3.8) is 0 Å². The topological polar surface area (TPSA) is 65.7 Å². The summed E-state index contributed by atoms with van der Waals surface area (Å²) < 4.78 is 42.2. The molecule has 2 unspecified atom stereocenters. The molecule has 2 N–H and O–H groups in total. The van der Waals surface area contributed by atoms with Gasteiger partial charge in [0.15, 0.2) is 6.10 Å². The quantitative estimate of drug-likeness (QED) is 0.860. The molecule has 118 valence electrons. The number of alkyl halides is 3. The normalized spacial score (nSPS) is 21.4. The molecule has 0 saturated carbocycles. The number of rotatable bonds is 5. The molecule has 0 radical (unpaired) electrons. The molecule has 2 heterocycles. The number of furan rings is 1. The van der Waals surface area contributed by atoms with Gasteiger partial charge in [0.1, 0.15) is 5.76 Å². The number of halogens is 3. The van der Waals surface area contributed by atoms with Crippen molar-refractivity contribution < 1.29 is 27.5 Å². The first kappa shape index (κ1) is 15.8. The van der Waals surface area contributed by atoms with Crippen molar-refractivity contribution in [1.82, 2.24) is 10.2 Å². The molecule has 0 bridgehead atoms. The number of nitrogens with one attached hydrogen (secondary N) is 1. The molecular formula is C13H17F3N2O3. The Morgan fingerprint density at radius 3 is 2.95 bits per heavy atom. The fourth-order valence-corrected chi connectivity index (χ4v) is 2.37. The highest BCUT2D eigenvalue weighted by molar-refractivity contribution is 5.81. The number of nitrogens with zero attached hydrogens (tertiary/aromatic N) is 1. The van der Waals surface area contributed by atoms with Crippen molar-refractivity contribution in [3.05, 3.63) is 24.2 Å². The van der Waals surface area contributed by atoms with Gasteiger partial charge < -0.3 is 14.8 Å². The lowest BCUT2D eigenvalue weighted by Crippen LogP contribution is -2.48. The van der Waals surface area contributed by atoms with Crippen molar-refractivity contribution in [2.75, 3.05) is 13.1 Å². The van der Waals surface area contributed by atoms with Gasteiger partial charge in [-0.1, -0.05) is 0 Å². The molecule has 21 heavy (non-hydrogen) atoms. The zero-order valence-electron chi connectivity index (χ0n) is 11.3. The zero-order valence-corrected chi connectivity index (χ0v) is 11.3. The van der Waals surface area contributed by atoms with Gasteiger partial charge in [-0.2, -0.15) is 13.2 Å². The Morgan fingerprint density at radius 1 is 1.57 bits per heavy atom. The Bertz CT molecular complexity index is 462. The molecule has 1 aromatic rings. The van der Waals surface area contributed by atoms with Gasteiger partial charge in [0, 0.05) is 6.54 Å². The largest absolute Gasteiger partial charge is 0.467 e. The maximum atomic E-state index is 12.4. The third-order valence-electron chi connectivity index (χ3n) is 3.47. The van der Waals surface area contributed by atoms with Crippen LogP contribution in [0.4, 0.5) is 13.2 Å². The number of likely N-dealkylation sites (tertiary alicyclic amines) is 1. The second-order valence-electron chi connectivity index (χ2n) is 5.01. The maximum Gasteiger partial charge on any atom is 0.415 e. The van der Waals surface area contributed by atoms with E-state index in [-0.39, 0.29) is 12.5 Å². The number of hydrogen-bond donors (Lipinski definition) is 2. The van der Waals surface area contributed by atoms with E-state index < -0.39 is 24.9 Å². The predicted molar refractivity (Wildman–Crippen MR) is 67.2 cm³/mol. The number of aliphatic hydroxyl groups is 1. The highest BCUT2D eigenvalue weighted by Crippen LogP contribution is 2.24. The minimum Gasteiger partial charge on any atom is -0.467 e. The second kappa shape index (κ2) is 6.48. The molecule has 1 aliphatic rings. The fourth-order valence-electron chi connectivity index (χ4n) is 2.37. The monoisotopic (exact) mass is 306 g/mol. The smallest absolute Gasteiger partial charge is 0.415 e. The van der Waals surface area contributed by atoms with Crippen molar-refractivity contribution in [2.45, 2.75) is 37.7 Å². The number of hydrogen-bond acceptors (Lipinski definition) is 4. The summed E-state index contributed by atoms with van der Waals surface area (Å²) in [5.41, 5.74) is 0. The molecular weight excluding hydrogens is 289 g/mol. The Labute approximate surface area is 119 Å². The molecule has 1 aliphatic heterocycles. The van der Waals surface area contributed by atoms with Crippen LogP contribution in [0, 0.1) is 0 Å². The molecule has 5 nitrogen and oxygen atoms in total. The van der Waals surface area contributed by atoms with Crippen molar-refractivity contribution in [2.24, 2.45) is 0 Å².